The van der Waals surface area contributed by atoms with Gasteiger partial charge in [0.25, 0.3) is 0 Å². The highest BCUT2D eigenvalue weighted by molar-refractivity contribution is 9.10. The van der Waals surface area contributed by atoms with Crippen molar-refractivity contribution in [3.05, 3.63) is 15.0 Å². The van der Waals surface area contributed by atoms with Gasteiger partial charge in [-0.05, 0) is 48.3 Å². The van der Waals surface area contributed by atoms with Gasteiger partial charge in [0, 0.05) is 11.9 Å². The van der Waals surface area contributed by atoms with Crippen LogP contribution in [0.3, 0.4) is 0 Å². The molecule has 0 aromatic carbocycles. The Morgan fingerprint density at radius 3 is 3.00 bits per heavy atom. The molecule has 0 bridgehead atoms. The molecule has 1 fully saturated rings. The van der Waals surface area contributed by atoms with Gasteiger partial charge in [-0.3, -0.25) is 0 Å². The van der Waals surface area contributed by atoms with Gasteiger partial charge in [-0.2, -0.15) is 0 Å². The van der Waals surface area contributed by atoms with E-state index < -0.39 is 5.60 Å². The molecule has 0 aliphatic carbocycles. The summed E-state index contributed by atoms with van der Waals surface area (Å²) in [4.78, 5) is 6.75. The second-order valence-electron chi connectivity index (χ2n) is 4.29. The molecule has 3 nitrogen and oxygen atoms in total. The van der Waals surface area contributed by atoms with Crippen molar-refractivity contribution in [2.75, 3.05) is 19.6 Å². The maximum atomic E-state index is 10.6. The molecule has 0 saturated carbocycles. The first-order valence-electron chi connectivity index (χ1n) is 5.70. The first-order chi connectivity index (χ1) is 7.64. The molecule has 0 radical (unpaired) electrons. The molecule has 2 rings (SSSR count). The molecule has 16 heavy (non-hydrogen) atoms. The van der Waals surface area contributed by atoms with E-state index in [2.05, 4.69) is 32.7 Å². The molecule has 1 unspecified atom stereocenters. The van der Waals surface area contributed by atoms with Crippen LogP contribution in [0.5, 0.6) is 0 Å². The fourth-order valence-corrected chi connectivity index (χ4v) is 3.58. The maximum Gasteiger partial charge on any atom is 0.126 e. The minimum absolute atomic E-state index is 0.708. The van der Waals surface area contributed by atoms with Crippen molar-refractivity contribution in [1.82, 2.24) is 9.88 Å². The van der Waals surface area contributed by atoms with E-state index in [9.17, 15) is 5.11 Å². The van der Waals surface area contributed by atoms with Crippen LogP contribution in [0.15, 0.2) is 9.98 Å². The number of aliphatic hydroxyl groups is 1. The lowest BCUT2D eigenvalue weighted by atomic mass is 9.96. The minimum Gasteiger partial charge on any atom is -0.383 e. The highest BCUT2D eigenvalue weighted by Crippen LogP contribution is 2.35. The molecule has 1 aromatic rings. The molecule has 2 heterocycles. The third-order valence-electron chi connectivity index (χ3n) is 3.23. The first kappa shape index (κ1) is 12.5. The predicted molar refractivity (Wildman–Crippen MR) is 69.7 cm³/mol. The minimum atomic E-state index is -0.708. The number of nitrogens with zero attached hydrogens (tertiary/aromatic N) is 2. The summed E-state index contributed by atoms with van der Waals surface area (Å²) in [7, 11) is 0. The summed E-state index contributed by atoms with van der Waals surface area (Å²) >= 11 is 4.89. The van der Waals surface area contributed by atoms with Gasteiger partial charge in [-0.15, -0.1) is 11.3 Å². The lowest BCUT2D eigenvalue weighted by Gasteiger charge is -2.24. The molecule has 1 saturated heterocycles. The molecule has 0 spiro atoms. The van der Waals surface area contributed by atoms with Gasteiger partial charge in [0.05, 0.1) is 0 Å². The van der Waals surface area contributed by atoms with Crippen LogP contribution in [-0.4, -0.2) is 34.6 Å². The number of hydrogen-bond donors (Lipinski definition) is 1. The zero-order chi connectivity index (χ0) is 11.6. The Hall–Kier alpha value is 0.0300. The summed E-state index contributed by atoms with van der Waals surface area (Å²) in [5, 5.41) is 13.4. The largest absolute Gasteiger partial charge is 0.383 e. The Labute approximate surface area is 109 Å². The standard InChI is InChI=1S/C11H17BrN2OS/c1-2-14-6-3-4-11(15,5-7-14)10-13-9(12)8-16-10/h8,15H,2-7H2,1H3. The number of hydrogen-bond acceptors (Lipinski definition) is 4. The molecular weight excluding hydrogens is 288 g/mol. The Morgan fingerprint density at radius 1 is 1.56 bits per heavy atom. The summed E-state index contributed by atoms with van der Waals surface area (Å²) < 4.78 is 0.831. The highest BCUT2D eigenvalue weighted by atomic mass is 79.9. The smallest absolute Gasteiger partial charge is 0.126 e. The van der Waals surface area contributed by atoms with Crippen molar-refractivity contribution in [3.8, 4) is 0 Å². The van der Waals surface area contributed by atoms with E-state index in [1.165, 1.54) is 0 Å². The van der Waals surface area contributed by atoms with Crippen LogP contribution < -0.4 is 0 Å². The molecule has 1 aliphatic heterocycles. The van der Waals surface area contributed by atoms with Gasteiger partial charge in [0.15, 0.2) is 0 Å². The Morgan fingerprint density at radius 2 is 2.38 bits per heavy atom. The lowest BCUT2D eigenvalue weighted by molar-refractivity contribution is 0.0210. The molecule has 0 amide bonds. The average Bonchev–Trinajstić information content (AvgIpc) is 2.61. The van der Waals surface area contributed by atoms with Gasteiger partial charge in [0.1, 0.15) is 15.2 Å². The number of aromatic nitrogens is 1. The average molecular weight is 305 g/mol. The van der Waals surface area contributed by atoms with Crippen molar-refractivity contribution in [2.24, 2.45) is 0 Å². The predicted octanol–water partition coefficient (Wildman–Crippen LogP) is 2.60. The molecule has 1 aromatic heterocycles. The van der Waals surface area contributed by atoms with Crippen molar-refractivity contribution in [1.29, 1.82) is 0 Å². The van der Waals surface area contributed by atoms with E-state index >= 15 is 0 Å². The molecular formula is C11H17BrN2OS. The highest BCUT2D eigenvalue weighted by Gasteiger charge is 2.34. The van der Waals surface area contributed by atoms with Crippen LogP contribution in [0.1, 0.15) is 31.2 Å². The quantitative estimate of drug-likeness (QED) is 0.912. The summed E-state index contributed by atoms with van der Waals surface area (Å²) in [5.74, 6) is 0. The van der Waals surface area contributed by atoms with Crippen LogP contribution in [0.25, 0.3) is 0 Å². The number of halogens is 1. The van der Waals surface area contributed by atoms with Crippen LogP contribution in [0, 0.1) is 0 Å². The lowest BCUT2D eigenvalue weighted by Crippen LogP contribution is -2.29. The Bertz CT molecular complexity index is 358. The summed E-state index contributed by atoms with van der Waals surface area (Å²) in [6.07, 6.45) is 2.66. The molecule has 90 valence electrons. The van der Waals surface area contributed by atoms with E-state index in [-0.39, 0.29) is 0 Å². The van der Waals surface area contributed by atoms with Gasteiger partial charge in [-0.1, -0.05) is 6.92 Å². The second kappa shape index (κ2) is 5.12. The van der Waals surface area contributed by atoms with E-state index in [0.717, 1.165) is 48.5 Å². The zero-order valence-corrected chi connectivity index (χ0v) is 11.9. The first-order valence-corrected chi connectivity index (χ1v) is 7.37. The van der Waals surface area contributed by atoms with Crippen LogP contribution >= 0.6 is 27.3 Å². The van der Waals surface area contributed by atoms with Crippen molar-refractivity contribution < 1.29 is 5.11 Å². The van der Waals surface area contributed by atoms with Crippen molar-refractivity contribution >= 4 is 27.3 Å². The molecule has 5 heteroatoms. The van der Waals surface area contributed by atoms with E-state index in [0.29, 0.717) is 0 Å². The molecule has 1 aliphatic rings. The second-order valence-corrected chi connectivity index (χ2v) is 5.97. The van der Waals surface area contributed by atoms with E-state index in [1.54, 1.807) is 11.3 Å². The van der Waals surface area contributed by atoms with Gasteiger partial charge < -0.3 is 10.0 Å². The maximum absolute atomic E-state index is 10.6. The SMILES string of the molecule is CCN1CCCC(O)(c2nc(Br)cs2)CC1. The third-order valence-corrected chi connectivity index (χ3v) is 4.97. The zero-order valence-electron chi connectivity index (χ0n) is 9.45. The fourth-order valence-electron chi connectivity index (χ4n) is 2.17. The fraction of sp³-hybridized carbons (Fsp3) is 0.727. The Kier molecular flexibility index (Phi) is 4.00. The van der Waals surface area contributed by atoms with Gasteiger partial charge in [-0.25, -0.2) is 4.98 Å². The van der Waals surface area contributed by atoms with E-state index in [4.69, 9.17) is 0 Å². The summed E-state index contributed by atoms with van der Waals surface area (Å²) in [6, 6.07) is 0. The number of likely N-dealkylation sites (tertiary alicyclic amines) is 1. The topological polar surface area (TPSA) is 36.4 Å². The Balaban J connectivity index is 2.13. The van der Waals surface area contributed by atoms with Crippen LogP contribution in [0.2, 0.25) is 0 Å². The molecule has 1 N–H and O–H groups in total. The van der Waals surface area contributed by atoms with Crippen LogP contribution in [0.4, 0.5) is 0 Å². The normalized spacial score (nSPS) is 27.9. The number of rotatable bonds is 2. The monoisotopic (exact) mass is 304 g/mol. The van der Waals surface area contributed by atoms with Crippen molar-refractivity contribution in [3.63, 3.8) is 0 Å². The molecule has 1 atom stereocenters. The van der Waals surface area contributed by atoms with Gasteiger partial charge >= 0.3 is 0 Å². The third kappa shape index (κ3) is 2.64. The van der Waals surface area contributed by atoms with Gasteiger partial charge in [0.2, 0.25) is 0 Å². The number of thiazole rings is 1. The van der Waals surface area contributed by atoms with Crippen molar-refractivity contribution in [2.45, 2.75) is 31.8 Å². The summed E-state index contributed by atoms with van der Waals surface area (Å²) in [6.45, 7) is 5.29. The summed E-state index contributed by atoms with van der Waals surface area (Å²) in [5.41, 5.74) is -0.708. The van der Waals surface area contributed by atoms with Crippen LogP contribution in [-0.2, 0) is 5.60 Å². The van der Waals surface area contributed by atoms with E-state index in [1.807, 2.05) is 5.38 Å².